The van der Waals surface area contributed by atoms with Gasteiger partial charge in [-0.15, -0.1) is 10.2 Å². The topological polar surface area (TPSA) is 92.9 Å². The van der Waals surface area contributed by atoms with Gasteiger partial charge in [0.05, 0.1) is 5.25 Å². The highest BCUT2D eigenvalue weighted by Crippen LogP contribution is 2.31. The molecule has 25 heavy (non-hydrogen) atoms. The van der Waals surface area contributed by atoms with Crippen LogP contribution in [0.15, 0.2) is 39.2 Å². The Morgan fingerprint density at radius 1 is 1.28 bits per heavy atom. The summed E-state index contributed by atoms with van der Waals surface area (Å²) < 4.78 is 5.65. The number of aryl methyl sites for hydroxylation is 2. The summed E-state index contributed by atoms with van der Waals surface area (Å²) in [4.78, 5) is 12.2. The van der Waals surface area contributed by atoms with Gasteiger partial charge < -0.3 is 15.2 Å². The highest BCUT2D eigenvalue weighted by Gasteiger charge is 2.18. The van der Waals surface area contributed by atoms with Crippen molar-refractivity contribution in [3.05, 3.63) is 41.7 Å². The maximum Gasteiger partial charge on any atom is 0.238 e. The van der Waals surface area contributed by atoms with Crippen LogP contribution in [0.3, 0.4) is 0 Å². The third-order valence-corrected chi connectivity index (χ3v) is 5.22. The molecule has 0 unspecified atom stereocenters. The van der Waals surface area contributed by atoms with Gasteiger partial charge in [-0.3, -0.25) is 4.79 Å². The molecular formula is C16H17N5O2S2. The molecule has 9 heteroatoms. The normalized spacial score (nSPS) is 12.0. The second-order valence-electron chi connectivity index (χ2n) is 5.44. The van der Waals surface area contributed by atoms with E-state index in [0.29, 0.717) is 21.0 Å². The summed E-state index contributed by atoms with van der Waals surface area (Å²) in [6.45, 7) is 5.61. The molecule has 0 saturated carbocycles. The average Bonchev–Trinajstić information content (AvgIpc) is 3.16. The monoisotopic (exact) mass is 375 g/mol. The molecule has 1 atom stereocenters. The number of nitrogens with zero attached hydrogens (tertiary/aromatic N) is 3. The Morgan fingerprint density at radius 3 is 2.84 bits per heavy atom. The van der Waals surface area contributed by atoms with Crippen molar-refractivity contribution in [3.8, 4) is 0 Å². The first-order valence-corrected chi connectivity index (χ1v) is 9.27. The second kappa shape index (κ2) is 7.66. The van der Waals surface area contributed by atoms with E-state index in [1.54, 1.807) is 13.0 Å². The van der Waals surface area contributed by atoms with Crippen molar-refractivity contribution in [2.75, 3.05) is 10.6 Å². The van der Waals surface area contributed by atoms with Crippen LogP contribution in [0.4, 0.5) is 16.6 Å². The number of benzene rings is 1. The van der Waals surface area contributed by atoms with Gasteiger partial charge in [0.1, 0.15) is 5.76 Å². The summed E-state index contributed by atoms with van der Waals surface area (Å²) in [5.74, 6) is 0.891. The largest absolute Gasteiger partial charge is 0.360 e. The molecule has 3 rings (SSSR count). The summed E-state index contributed by atoms with van der Waals surface area (Å²) in [6.07, 6.45) is 0. The first kappa shape index (κ1) is 17.4. The highest BCUT2D eigenvalue weighted by atomic mass is 32.2. The third kappa shape index (κ3) is 4.80. The molecule has 0 fully saturated rings. The van der Waals surface area contributed by atoms with Crippen LogP contribution in [0.1, 0.15) is 18.2 Å². The minimum atomic E-state index is -0.336. The summed E-state index contributed by atoms with van der Waals surface area (Å²) in [7, 11) is 0. The molecule has 0 spiro atoms. The van der Waals surface area contributed by atoms with Crippen LogP contribution >= 0.6 is 23.1 Å². The van der Waals surface area contributed by atoms with Crippen molar-refractivity contribution >= 4 is 45.6 Å². The van der Waals surface area contributed by atoms with Crippen molar-refractivity contribution in [2.45, 2.75) is 30.4 Å². The van der Waals surface area contributed by atoms with E-state index in [0.717, 1.165) is 11.3 Å². The number of rotatable bonds is 6. The molecule has 0 aliphatic heterocycles. The van der Waals surface area contributed by atoms with E-state index in [-0.39, 0.29) is 11.2 Å². The number of anilines is 3. The number of carbonyl (C=O) groups is 1. The van der Waals surface area contributed by atoms with Gasteiger partial charge in [-0.25, -0.2) is 0 Å². The van der Waals surface area contributed by atoms with Gasteiger partial charge in [-0.2, -0.15) is 0 Å². The average molecular weight is 375 g/mol. The van der Waals surface area contributed by atoms with Gasteiger partial charge in [-0.1, -0.05) is 40.4 Å². The van der Waals surface area contributed by atoms with Crippen LogP contribution in [0, 0.1) is 13.8 Å². The van der Waals surface area contributed by atoms with Crippen molar-refractivity contribution in [1.82, 2.24) is 15.4 Å². The van der Waals surface area contributed by atoms with Crippen molar-refractivity contribution in [3.63, 3.8) is 0 Å². The van der Waals surface area contributed by atoms with Crippen molar-refractivity contribution in [1.29, 1.82) is 0 Å². The zero-order chi connectivity index (χ0) is 17.8. The molecule has 2 heterocycles. The Labute approximate surface area is 153 Å². The van der Waals surface area contributed by atoms with Crippen molar-refractivity contribution < 1.29 is 9.32 Å². The summed E-state index contributed by atoms with van der Waals surface area (Å²) >= 11 is 2.75. The van der Waals surface area contributed by atoms with E-state index in [4.69, 9.17) is 4.52 Å². The molecule has 0 aliphatic carbocycles. The van der Waals surface area contributed by atoms with E-state index in [9.17, 15) is 4.79 Å². The van der Waals surface area contributed by atoms with Crippen molar-refractivity contribution in [2.24, 2.45) is 0 Å². The fourth-order valence-corrected chi connectivity index (χ4v) is 3.93. The molecule has 2 aromatic heterocycles. The van der Waals surface area contributed by atoms with Crippen LogP contribution in [-0.4, -0.2) is 26.5 Å². The minimum absolute atomic E-state index is 0.165. The fraction of sp³-hybridized carbons (Fsp3) is 0.250. The molecule has 7 nitrogen and oxygen atoms in total. The molecule has 3 aromatic rings. The number of nitrogens with one attached hydrogen (secondary N) is 2. The molecule has 1 aromatic carbocycles. The second-order valence-corrected chi connectivity index (χ2v) is 8.01. The molecule has 130 valence electrons. The van der Waals surface area contributed by atoms with E-state index in [1.165, 1.54) is 23.1 Å². The standard InChI is InChI=1S/C16H17N5O2S2/c1-9-5-4-6-12(7-9)17-15-19-20-16(25-15)24-11(3)14(22)18-13-8-10(2)23-21-13/h4-8,11H,1-3H3,(H,17,19)(H,18,21,22)/t11-/m1/s1. The van der Waals surface area contributed by atoms with Crippen LogP contribution in [0.25, 0.3) is 0 Å². The SMILES string of the molecule is Cc1cccc(Nc2nnc(S[C@H](C)C(=O)Nc3cc(C)on3)s2)c1. The molecule has 2 N–H and O–H groups in total. The fourth-order valence-electron chi connectivity index (χ4n) is 2.01. The number of aromatic nitrogens is 3. The Kier molecular flexibility index (Phi) is 5.34. The maximum absolute atomic E-state index is 12.2. The number of hydrogen-bond donors (Lipinski definition) is 2. The van der Waals surface area contributed by atoms with Gasteiger partial charge in [0.25, 0.3) is 0 Å². The lowest BCUT2D eigenvalue weighted by Gasteiger charge is -2.07. The molecule has 0 saturated heterocycles. The Bertz CT molecular complexity index is 877. The quantitative estimate of drug-likeness (QED) is 0.629. The summed E-state index contributed by atoms with van der Waals surface area (Å²) in [5.41, 5.74) is 2.12. The third-order valence-electron chi connectivity index (χ3n) is 3.20. The predicted molar refractivity (Wildman–Crippen MR) is 99.6 cm³/mol. The first-order chi connectivity index (χ1) is 12.0. The number of carbonyl (C=O) groups excluding carboxylic acids is 1. The first-order valence-electron chi connectivity index (χ1n) is 7.57. The lowest BCUT2D eigenvalue weighted by Crippen LogP contribution is -2.22. The smallest absolute Gasteiger partial charge is 0.238 e. The number of amides is 1. The zero-order valence-electron chi connectivity index (χ0n) is 13.9. The zero-order valence-corrected chi connectivity index (χ0v) is 15.6. The van der Waals surface area contributed by atoms with E-state index in [2.05, 4.69) is 26.0 Å². The molecule has 0 aliphatic rings. The Morgan fingerprint density at radius 2 is 2.12 bits per heavy atom. The van der Waals surface area contributed by atoms with Crippen LogP contribution < -0.4 is 10.6 Å². The molecule has 1 amide bonds. The lowest BCUT2D eigenvalue weighted by atomic mass is 10.2. The molecule has 0 radical (unpaired) electrons. The van der Waals surface area contributed by atoms with Gasteiger partial charge in [0.15, 0.2) is 10.2 Å². The van der Waals surface area contributed by atoms with Gasteiger partial charge in [-0.05, 0) is 38.5 Å². The van der Waals surface area contributed by atoms with E-state index >= 15 is 0 Å². The Hall–Kier alpha value is -2.39. The maximum atomic E-state index is 12.2. The predicted octanol–water partition coefficient (Wildman–Crippen LogP) is 4.01. The van der Waals surface area contributed by atoms with Crippen LogP contribution in [0.5, 0.6) is 0 Å². The molecule has 0 bridgehead atoms. The Balaban J connectivity index is 1.57. The summed E-state index contributed by atoms with van der Waals surface area (Å²) in [6, 6.07) is 9.68. The minimum Gasteiger partial charge on any atom is -0.360 e. The number of hydrogen-bond acceptors (Lipinski definition) is 8. The lowest BCUT2D eigenvalue weighted by molar-refractivity contribution is -0.115. The number of thioether (sulfide) groups is 1. The van der Waals surface area contributed by atoms with Crippen LogP contribution in [0.2, 0.25) is 0 Å². The van der Waals surface area contributed by atoms with Gasteiger partial charge in [0, 0.05) is 11.8 Å². The highest BCUT2D eigenvalue weighted by molar-refractivity contribution is 8.02. The van der Waals surface area contributed by atoms with Gasteiger partial charge >= 0.3 is 0 Å². The van der Waals surface area contributed by atoms with E-state index < -0.39 is 0 Å². The van der Waals surface area contributed by atoms with Crippen LogP contribution in [-0.2, 0) is 4.79 Å². The van der Waals surface area contributed by atoms with Gasteiger partial charge in [0.2, 0.25) is 11.0 Å². The summed E-state index contributed by atoms with van der Waals surface area (Å²) in [5, 5.41) is 18.3. The van der Waals surface area contributed by atoms with E-state index in [1.807, 2.05) is 38.1 Å². The molecular weight excluding hydrogens is 358 g/mol.